The van der Waals surface area contributed by atoms with Gasteiger partial charge in [-0.25, -0.2) is 4.99 Å². The second kappa shape index (κ2) is 42.8. The first-order valence-electron chi connectivity index (χ1n) is 26.0. The molecule has 2 nitrogen and oxygen atoms in total. The van der Waals surface area contributed by atoms with Crippen molar-refractivity contribution in [2.75, 3.05) is 0 Å². The first kappa shape index (κ1) is 56.5. The van der Waals surface area contributed by atoms with Crippen molar-refractivity contribution >= 4 is 22.8 Å². The zero-order chi connectivity index (χ0) is 42.8. The summed E-state index contributed by atoms with van der Waals surface area (Å²) < 4.78 is 0. The molecule has 2 rings (SSSR count). The Hall–Kier alpha value is -2.51. The van der Waals surface area contributed by atoms with Crippen LogP contribution in [0.3, 0.4) is 0 Å². The predicted octanol–water partition coefficient (Wildman–Crippen LogP) is 19.8. The molecule has 0 aliphatic carbocycles. The molecule has 0 spiro atoms. The van der Waals surface area contributed by atoms with Crippen molar-refractivity contribution in [1.82, 2.24) is 0 Å². The van der Waals surface area contributed by atoms with E-state index >= 15 is 0 Å². The van der Waals surface area contributed by atoms with Gasteiger partial charge in [-0.2, -0.15) is 0 Å². The molecule has 3 heteroatoms. The van der Waals surface area contributed by atoms with Gasteiger partial charge < -0.3 is 0 Å². The Kier molecular flexibility index (Phi) is 39.6. The molecule has 2 aromatic rings. The molecule has 0 heterocycles. The van der Waals surface area contributed by atoms with Gasteiger partial charge in [0.15, 0.2) is 0 Å². The van der Waals surface area contributed by atoms with Crippen molar-refractivity contribution in [1.29, 1.82) is 0 Å². The van der Waals surface area contributed by atoms with Crippen molar-refractivity contribution in [3.05, 3.63) is 96.1 Å². The van der Waals surface area contributed by atoms with Crippen LogP contribution in [0.2, 0.25) is 0 Å². The van der Waals surface area contributed by atoms with Gasteiger partial charge in [0.25, 0.3) is 0 Å². The molecular formula is C58H94N2Ni. The van der Waals surface area contributed by atoms with E-state index in [4.69, 9.17) is 9.98 Å². The van der Waals surface area contributed by atoms with E-state index in [2.05, 4.69) is 113 Å². The Morgan fingerprint density at radius 3 is 1.20 bits per heavy atom. The molecule has 346 valence electrons. The standard InChI is InChI=1S/C58H94N2.Ni/c1-5-9-13-15-17-19-21-23-25-27-29-31-33-35-39-45-53-47-41-43-49-55(53)59-57(51-37-11-7-3)58(52-38-12-8-4)60-56-50-44-42-48-54(56)46-40-36-34-32-30-28-26-24-22-20-18-16-14-10-6-2;/h31-34,37,41-44,47-51H,5-30,35-36,38-40,45-46,52H2,1-4H3;. The van der Waals surface area contributed by atoms with Gasteiger partial charge in [-0.15, -0.1) is 0 Å². The molecule has 0 atom stereocenters. The maximum absolute atomic E-state index is 5.48. The van der Waals surface area contributed by atoms with Crippen LogP contribution in [0, 0.1) is 0 Å². The van der Waals surface area contributed by atoms with Crippen molar-refractivity contribution < 1.29 is 16.5 Å². The van der Waals surface area contributed by atoms with Gasteiger partial charge in [-0.3, -0.25) is 4.99 Å². The molecule has 2 aromatic carbocycles. The fourth-order valence-electron chi connectivity index (χ4n) is 8.07. The van der Waals surface area contributed by atoms with E-state index < -0.39 is 0 Å². The molecule has 61 heavy (non-hydrogen) atoms. The van der Waals surface area contributed by atoms with Crippen LogP contribution >= 0.6 is 0 Å². The van der Waals surface area contributed by atoms with Crippen molar-refractivity contribution in [2.24, 2.45) is 9.98 Å². The van der Waals surface area contributed by atoms with Crippen molar-refractivity contribution in [3.63, 3.8) is 0 Å². The largest absolute Gasteiger partial charge is 0.251 e. The minimum absolute atomic E-state index is 0. The number of aryl methyl sites for hydroxylation is 2. The maximum atomic E-state index is 5.48. The first-order chi connectivity index (χ1) is 29.7. The van der Waals surface area contributed by atoms with E-state index in [1.165, 1.54) is 165 Å². The summed E-state index contributed by atoms with van der Waals surface area (Å²) in [6.45, 7) is 9.14. The van der Waals surface area contributed by atoms with Crippen LogP contribution in [0.5, 0.6) is 0 Å². The van der Waals surface area contributed by atoms with Crippen molar-refractivity contribution in [2.45, 2.75) is 246 Å². The fourth-order valence-corrected chi connectivity index (χ4v) is 8.07. The molecule has 0 aliphatic rings. The number of rotatable bonds is 40. The maximum Gasteiger partial charge on any atom is 0.0848 e. The number of para-hydroxylation sites is 2. The molecule has 0 saturated heterocycles. The number of aliphatic imine (C=N–C) groups is 2. The third-order valence-electron chi connectivity index (χ3n) is 11.9. The summed E-state index contributed by atoms with van der Waals surface area (Å²) in [5.41, 5.74) is 7.08. The van der Waals surface area contributed by atoms with Gasteiger partial charge in [0.05, 0.1) is 22.8 Å². The average molecular weight is 878 g/mol. The second-order valence-corrected chi connectivity index (χ2v) is 17.6. The van der Waals surface area contributed by atoms with E-state index in [1.54, 1.807) is 0 Å². The van der Waals surface area contributed by atoms with Crippen LogP contribution < -0.4 is 0 Å². The smallest absolute Gasteiger partial charge is 0.0848 e. The number of allylic oxidation sites excluding steroid dienone is 6. The van der Waals surface area contributed by atoms with Crippen LogP contribution in [0.1, 0.15) is 244 Å². The number of benzene rings is 2. The SMILES string of the molecule is CCCC=CC(=Nc1ccccc1CCCC=CCCCCCCCCCCCC)C(CCCCC)=Nc1ccccc1CCCC=CCCCCCCCCCCCC.[Ni]. The zero-order valence-corrected chi connectivity index (χ0v) is 41.3. The summed E-state index contributed by atoms with van der Waals surface area (Å²) in [5.74, 6) is 0. The summed E-state index contributed by atoms with van der Waals surface area (Å²) in [4.78, 5) is 10.9. The Morgan fingerprint density at radius 2 is 0.754 bits per heavy atom. The molecule has 0 saturated carbocycles. The van der Waals surface area contributed by atoms with E-state index in [-0.39, 0.29) is 16.5 Å². The minimum atomic E-state index is 0. The van der Waals surface area contributed by atoms with Gasteiger partial charge >= 0.3 is 0 Å². The van der Waals surface area contributed by atoms with Gasteiger partial charge in [0.2, 0.25) is 0 Å². The van der Waals surface area contributed by atoms with Crippen LogP contribution in [0.15, 0.2) is 95.0 Å². The third kappa shape index (κ3) is 31.1. The molecular weight excluding hydrogens is 783 g/mol. The normalized spacial score (nSPS) is 12.4. The quantitative estimate of drug-likeness (QED) is 0.0276. The number of hydrogen-bond donors (Lipinski definition) is 0. The van der Waals surface area contributed by atoms with E-state index in [9.17, 15) is 0 Å². The Morgan fingerprint density at radius 1 is 0.377 bits per heavy atom. The Bertz CT molecular complexity index is 1430. The van der Waals surface area contributed by atoms with Crippen molar-refractivity contribution in [3.8, 4) is 0 Å². The molecule has 0 radical (unpaired) electrons. The molecule has 0 aliphatic heterocycles. The van der Waals surface area contributed by atoms with E-state index in [0.29, 0.717) is 0 Å². The van der Waals surface area contributed by atoms with E-state index in [0.717, 1.165) is 87.0 Å². The summed E-state index contributed by atoms with van der Waals surface area (Å²) >= 11 is 0. The van der Waals surface area contributed by atoms with Gasteiger partial charge in [0.1, 0.15) is 0 Å². The van der Waals surface area contributed by atoms with Gasteiger partial charge in [-0.1, -0.05) is 229 Å². The molecule has 0 N–H and O–H groups in total. The molecule has 0 bridgehead atoms. The Labute approximate surface area is 389 Å². The van der Waals surface area contributed by atoms with Crippen LogP contribution in [0.4, 0.5) is 11.4 Å². The summed E-state index contributed by atoms with van der Waals surface area (Å²) in [6, 6.07) is 17.7. The predicted molar refractivity (Wildman–Crippen MR) is 272 cm³/mol. The zero-order valence-electron chi connectivity index (χ0n) is 40.3. The third-order valence-corrected chi connectivity index (χ3v) is 11.9. The average Bonchev–Trinajstić information content (AvgIpc) is 3.26. The summed E-state index contributed by atoms with van der Waals surface area (Å²) in [7, 11) is 0. The van der Waals surface area contributed by atoms with Crippen LogP contribution in [0.25, 0.3) is 0 Å². The number of nitrogens with zero attached hydrogens (tertiary/aromatic N) is 2. The molecule has 0 amide bonds. The van der Waals surface area contributed by atoms with Crippen LogP contribution in [-0.2, 0) is 29.3 Å². The number of unbranched alkanes of at least 4 members (excludes halogenated alkanes) is 25. The topological polar surface area (TPSA) is 24.7 Å². The number of hydrogen-bond acceptors (Lipinski definition) is 2. The first-order valence-corrected chi connectivity index (χ1v) is 26.0. The minimum Gasteiger partial charge on any atom is -0.251 e. The molecule has 0 fully saturated rings. The van der Waals surface area contributed by atoms with Gasteiger partial charge in [0, 0.05) is 16.5 Å². The molecule has 0 unspecified atom stereocenters. The van der Waals surface area contributed by atoms with Crippen LogP contribution in [-0.4, -0.2) is 11.4 Å². The van der Waals surface area contributed by atoms with Gasteiger partial charge in [-0.05, 0) is 113 Å². The summed E-state index contributed by atoms with van der Waals surface area (Å²) in [5, 5.41) is 0. The fraction of sp³-hybridized carbons (Fsp3) is 0.655. The molecule has 0 aromatic heterocycles. The summed E-state index contributed by atoms with van der Waals surface area (Å²) in [6.07, 6.45) is 58.2. The van der Waals surface area contributed by atoms with E-state index in [1.807, 2.05) is 0 Å². The Balaban J connectivity index is 0.0000186. The monoisotopic (exact) mass is 877 g/mol. The second-order valence-electron chi connectivity index (χ2n) is 17.6.